The zero-order valence-corrected chi connectivity index (χ0v) is 15.9. The monoisotopic (exact) mass is 396 g/mol. The third kappa shape index (κ3) is 5.08. The highest BCUT2D eigenvalue weighted by atomic mass is 16.5. The average Bonchev–Trinajstić information content (AvgIpc) is 3.15. The fourth-order valence-corrected chi connectivity index (χ4v) is 3.77. The minimum atomic E-state index is -0.949. The van der Waals surface area contributed by atoms with Gasteiger partial charge >= 0.3 is 5.97 Å². The van der Waals surface area contributed by atoms with E-state index in [-0.39, 0.29) is 18.2 Å². The molecule has 1 atom stereocenters. The molecule has 0 aromatic heterocycles. The van der Waals surface area contributed by atoms with Crippen molar-refractivity contribution in [2.75, 3.05) is 13.2 Å². The highest BCUT2D eigenvalue weighted by Crippen LogP contribution is 2.37. The largest absolute Gasteiger partial charge is 0.478 e. The lowest BCUT2D eigenvalue weighted by molar-refractivity contribution is -0.124. The molecule has 2 aromatic carbocycles. The van der Waals surface area contributed by atoms with E-state index in [0.29, 0.717) is 13.1 Å². The number of aromatic carboxylic acids is 1. The molecule has 7 heteroatoms. The third-order valence-corrected chi connectivity index (χ3v) is 5.17. The van der Waals surface area contributed by atoms with Gasteiger partial charge in [0.1, 0.15) is 0 Å². The molecule has 0 heterocycles. The van der Waals surface area contributed by atoms with E-state index in [0.717, 1.165) is 24.0 Å². The number of carboxylic acid groups (broad SMARTS) is 1. The molecule has 3 rings (SSSR count). The molecule has 0 spiro atoms. The number of hydrogen-bond acceptors (Lipinski definition) is 5. The molecule has 0 aliphatic heterocycles. The minimum absolute atomic E-state index is 0.0378. The first-order chi connectivity index (χ1) is 14.0. The molecule has 152 valence electrons. The number of amides is 1. The first-order valence-electron chi connectivity index (χ1n) is 9.44. The van der Waals surface area contributed by atoms with E-state index in [1.165, 1.54) is 17.2 Å². The Morgan fingerprint density at radius 3 is 2.59 bits per heavy atom. The van der Waals surface area contributed by atoms with Gasteiger partial charge in [-0.05, 0) is 53.3 Å². The predicted molar refractivity (Wildman–Crippen MR) is 107 cm³/mol. The Morgan fingerprint density at radius 1 is 1.17 bits per heavy atom. The number of carbonyl (C=O) groups excluding carboxylic acids is 1. The third-order valence-electron chi connectivity index (χ3n) is 5.17. The van der Waals surface area contributed by atoms with Crippen LogP contribution >= 0.6 is 0 Å². The van der Waals surface area contributed by atoms with Crippen molar-refractivity contribution in [3.8, 4) is 0 Å². The maximum absolute atomic E-state index is 11.2. The Bertz CT molecular complexity index is 908. The molecule has 0 saturated heterocycles. The van der Waals surface area contributed by atoms with Crippen molar-refractivity contribution < 1.29 is 25.0 Å². The van der Waals surface area contributed by atoms with Crippen molar-refractivity contribution in [3.05, 3.63) is 76.4 Å². The number of aryl methyl sites for hydroxylation is 1. The Labute approximate surface area is 168 Å². The van der Waals surface area contributed by atoms with Crippen molar-refractivity contribution in [3.63, 3.8) is 0 Å². The molecular weight excluding hydrogens is 372 g/mol. The summed E-state index contributed by atoms with van der Waals surface area (Å²) in [6.45, 7) is 1.17. The van der Waals surface area contributed by atoms with Crippen LogP contribution in [0.4, 0.5) is 0 Å². The summed E-state index contributed by atoms with van der Waals surface area (Å²) in [5, 5.41) is 27.2. The van der Waals surface area contributed by atoms with Crippen LogP contribution in [0, 0.1) is 0 Å². The number of nitrogens with one attached hydrogen (secondary N) is 1. The zero-order chi connectivity index (χ0) is 20.8. The molecule has 1 unspecified atom stereocenters. The van der Waals surface area contributed by atoms with E-state index in [9.17, 15) is 14.7 Å². The van der Waals surface area contributed by atoms with Gasteiger partial charge in [0.05, 0.1) is 12.2 Å². The molecule has 0 bridgehead atoms. The second-order valence-corrected chi connectivity index (χ2v) is 7.02. The predicted octanol–water partition coefficient (Wildman–Crippen LogP) is 2.39. The quantitative estimate of drug-likeness (QED) is 0.310. The van der Waals surface area contributed by atoms with Crippen LogP contribution in [0.25, 0.3) is 6.08 Å². The summed E-state index contributed by atoms with van der Waals surface area (Å²) in [7, 11) is 0. The summed E-state index contributed by atoms with van der Waals surface area (Å²) in [5.41, 5.74) is 6.09. The molecule has 1 aliphatic carbocycles. The number of rotatable bonds is 8. The van der Waals surface area contributed by atoms with Gasteiger partial charge in [0.25, 0.3) is 5.91 Å². The van der Waals surface area contributed by atoms with Crippen LogP contribution in [0.1, 0.15) is 45.1 Å². The topological polar surface area (TPSA) is 110 Å². The molecule has 0 fully saturated rings. The lowest BCUT2D eigenvalue weighted by Gasteiger charge is -2.29. The van der Waals surface area contributed by atoms with Crippen molar-refractivity contribution in [1.82, 2.24) is 10.4 Å². The fraction of sp³-hybridized carbons (Fsp3) is 0.273. The van der Waals surface area contributed by atoms with Gasteiger partial charge in [-0.15, -0.1) is 0 Å². The number of hydrogen-bond donors (Lipinski definition) is 4. The van der Waals surface area contributed by atoms with Gasteiger partial charge < -0.3 is 10.2 Å². The number of carboxylic acids is 1. The van der Waals surface area contributed by atoms with Gasteiger partial charge in [-0.1, -0.05) is 30.3 Å². The second-order valence-electron chi connectivity index (χ2n) is 7.02. The standard InChI is InChI=1S/C22H24N2O5/c25-12-11-24(14-16-1-5-17(6-2-16)22(27)28)20-9-7-18-13-15(3-8-19(18)20)4-10-21(26)23-29/h1-6,8,10,13,20,25,29H,7,9,11-12,14H2,(H,23,26)(H,27,28). The lowest BCUT2D eigenvalue weighted by atomic mass is 10.0. The molecule has 0 radical (unpaired) electrons. The first-order valence-corrected chi connectivity index (χ1v) is 9.44. The fourth-order valence-electron chi connectivity index (χ4n) is 3.77. The number of hydroxylamine groups is 1. The van der Waals surface area contributed by atoms with E-state index in [2.05, 4.69) is 4.90 Å². The number of fused-ring (bicyclic) bond motifs is 1. The van der Waals surface area contributed by atoms with Gasteiger partial charge in [0.2, 0.25) is 0 Å². The number of aliphatic hydroxyl groups is 1. The van der Waals surface area contributed by atoms with Crippen LogP contribution < -0.4 is 5.48 Å². The van der Waals surface area contributed by atoms with Crippen LogP contribution in [0.15, 0.2) is 48.5 Å². The van der Waals surface area contributed by atoms with Gasteiger partial charge in [-0.25, -0.2) is 10.3 Å². The normalized spacial score (nSPS) is 15.6. The van der Waals surface area contributed by atoms with E-state index >= 15 is 0 Å². The highest BCUT2D eigenvalue weighted by molar-refractivity contribution is 5.90. The summed E-state index contributed by atoms with van der Waals surface area (Å²) in [6.07, 6.45) is 4.74. The average molecular weight is 396 g/mol. The number of nitrogens with zero attached hydrogens (tertiary/aromatic N) is 1. The van der Waals surface area contributed by atoms with E-state index in [1.807, 2.05) is 30.3 Å². The summed E-state index contributed by atoms with van der Waals surface area (Å²) in [4.78, 5) is 24.4. The van der Waals surface area contributed by atoms with Crippen molar-refractivity contribution in [1.29, 1.82) is 0 Å². The Morgan fingerprint density at radius 2 is 1.93 bits per heavy atom. The Balaban J connectivity index is 1.77. The summed E-state index contributed by atoms with van der Waals surface area (Å²) in [5.74, 6) is -1.53. The van der Waals surface area contributed by atoms with Gasteiger partial charge in [-0.2, -0.15) is 0 Å². The molecular formula is C22H24N2O5. The summed E-state index contributed by atoms with van der Waals surface area (Å²) >= 11 is 0. The molecule has 29 heavy (non-hydrogen) atoms. The van der Waals surface area contributed by atoms with E-state index in [4.69, 9.17) is 10.3 Å². The van der Waals surface area contributed by atoms with Crippen molar-refractivity contribution in [2.45, 2.75) is 25.4 Å². The first kappa shape index (κ1) is 20.7. The molecule has 2 aromatic rings. The number of aliphatic hydroxyl groups excluding tert-OH is 1. The summed E-state index contributed by atoms with van der Waals surface area (Å²) in [6, 6.07) is 13.0. The highest BCUT2D eigenvalue weighted by Gasteiger charge is 2.27. The number of benzene rings is 2. The maximum atomic E-state index is 11.2. The minimum Gasteiger partial charge on any atom is -0.478 e. The lowest BCUT2D eigenvalue weighted by Crippen LogP contribution is -2.30. The molecule has 0 saturated carbocycles. The van der Waals surface area contributed by atoms with Gasteiger partial charge in [0.15, 0.2) is 0 Å². The van der Waals surface area contributed by atoms with Crippen LogP contribution in [-0.4, -0.2) is 45.3 Å². The van der Waals surface area contributed by atoms with Gasteiger partial charge in [0, 0.05) is 25.2 Å². The Kier molecular flexibility index (Phi) is 6.77. The van der Waals surface area contributed by atoms with Crippen molar-refractivity contribution >= 4 is 18.0 Å². The van der Waals surface area contributed by atoms with Crippen LogP contribution in [-0.2, 0) is 17.8 Å². The smallest absolute Gasteiger partial charge is 0.335 e. The second kappa shape index (κ2) is 9.47. The zero-order valence-electron chi connectivity index (χ0n) is 15.9. The van der Waals surface area contributed by atoms with Crippen LogP contribution in [0.5, 0.6) is 0 Å². The molecule has 7 nitrogen and oxygen atoms in total. The van der Waals surface area contributed by atoms with E-state index in [1.54, 1.807) is 23.7 Å². The molecule has 4 N–H and O–H groups in total. The number of carbonyl (C=O) groups is 2. The van der Waals surface area contributed by atoms with E-state index < -0.39 is 11.9 Å². The SMILES string of the molecule is O=C(C=Cc1ccc2c(c1)CCC2N(CCO)Cc1ccc(C(=O)O)cc1)NO. The Hall–Kier alpha value is -3.00. The van der Waals surface area contributed by atoms with Crippen molar-refractivity contribution in [2.24, 2.45) is 0 Å². The molecule has 1 aliphatic rings. The van der Waals surface area contributed by atoms with Crippen LogP contribution in [0.2, 0.25) is 0 Å². The van der Waals surface area contributed by atoms with Gasteiger partial charge in [-0.3, -0.25) is 14.9 Å². The molecule has 1 amide bonds. The summed E-state index contributed by atoms with van der Waals surface area (Å²) < 4.78 is 0. The van der Waals surface area contributed by atoms with Crippen LogP contribution in [0.3, 0.4) is 0 Å². The maximum Gasteiger partial charge on any atom is 0.335 e.